The number of hydrogen-bond acceptors (Lipinski definition) is 5. The maximum atomic E-state index is 11.9. The predicted molar refractivity (Wildman–Crippen MR) is 133 cm³/mol. The Bertz CT molecular complexity index is 1030. The van der Waals surface area contributed by atoms with Gasteiger partial charge in [0, 0.05) is 69.3 Å². The smallest absolute Gasteiger partial charge is 0.211 e. The van der Waals surface area contributed by atoms with Crippen molar-refractivity contribution in [3.8, 4) is 0 Å². The molecule has 2 fully saturated rings. The highest BCUT2D eigenvalue weighted by Gasteiger charge is 2.29. The van der Waals surface area contributed by atoms with Crippen LogP contribution in [0.5, 0.6) is 0 Å². The summed E-state index contributed by atoms with van der Waals surface area (Å²) in [6.07, 6.45) is 1.30. The fraction of sp³-hybridized carbons (Fsp3) is 0.520. The monoisotopic (exact) mass is 456 g/mol. The lowest BCUT2D eigenvalue weighted by Crippen LogP contribution is -2.53. The van der Waals surface area contributed by atoms with Gasteiger partial charge in [-0.15, -0.1) is 0 Å². The first kappa shape index (κ1) is 23.1. The minimum atomic E-state index is -3.13. The van der Waals surface area contributed by atoms with Gasteiger partial charge >= 0.3 is 0 Å². The third-order valence-electron chi connectivity index (χ3n) is 6.91. The Labute approximate surface area is 193 Å². The molecular formula is C25H36N4O2S. The summed E-state index contributed by atoms with van der Waals surface area (Å²) >= 11 is 0. The van der Waals surface area contributed by atoms with Gasteiger partial charge < -0.3 is 9.80 Å². The topological polar surface area (TPSA) is 47.1 Å². The number of rotatable bonds is 5. The maximum Gasteiger partial charge on any atom is 0.211 e. The Morgan fingerprint density at radius 2 is 1.66 bits per heavy atom. The molecule has 174 valence electrons. The molecule has 0 spiro atoms. The number of aryl methyl sites for hydroxylation is 1. The van der Waals surface area contributed by atoms with Crippen molar-refractivity contribution < 1.29 is 8.42 Å². The minimum Gasteiger partial charge on any atom is -0.368 e. The molecule has 32 heavy (non-hydrogen) atoms. The number of anilines is 2. The molecule has 0 bridgehead atoms. The normalized spacial score (nSPS) is 23.5. The predicted octanol–water partition coefficient (Wildman–Crippen LogP) is 3.18. The van der Waals surface area contributed by atoms with Crippen LogP contribution in [0.4, 0.5) is 11.4 Å². The van der Waals surface area contributed by atoms with Crippen LogP contribution in [0.3, 0.4) is 0 Å². The van der Waals surface area contributed by atoms with Gasteiger partial charge in [0.25, 0.3) is 0 Å². The van der Waals surface area contributed by atoms with Crippen LogP contribution in [0, 0.1) is 6.92 Å². The molecule has 0 N–H and O–H groups in total. The van der Waals surface area contributed by atoms with Gasteiger partial charge in [0.1, 0.15) is 0 Å². The summed E-state index contributed by atoms with van der Waals surface area (Å²) in [5.74, 6) is 0. The van der Waals surface area contributed by atoms with Crippen LogP contribution in [-0.2, 0) is 16.6 Å². The molecule has 0 radical (unpaired) electrons. The summed E-state index contributed by atoms with van der Waals surface area (Å²) < 4.78 is 25.4. The first-order valence-electron chi connectivity index (χ1n) is 11.6. The fourth-order valence-electron chi connectivity index (χ4n) is 5.05. The van der Waals surface area contributed by atoms with Crippen molar-refractivity contribution in [2.24, 2.45) is 0 Å². The van der Waals surface area contributed by atoms with Crippen LogP contribution in [0.2, 0.25) is 0 Å². The zero-order valence-electron chi connectivity index (χ0n) is 19.7. The molecule has 2 aromatic carbocycles. The van der Waals surface area contributed by atoms with E-state index in [0.29, 0.717) is 19.1 Å². The van der Waals surface area contributed by atoms with Crippen LogP contribution in [-0.4, -0.2) is 75.2 Å². The molecule has 7 heteroatoms. The maximum absolute atomic E-state index is 11.9. The highest BCUT2D eigenvalue weighted by atomic mass is 32.2. The molecule has 0 aromatic heterocycles. The molecule has 6 nitrogen and oxygen atoms in total. The summed E-state index contributed by atoms with van der Waals surface area (Å²) in [6.45, 7) is 12.5. The van der Waals surface area contributed by atoms with Crippen LogP contribution in [0.25, 0.3) is 0 Å². The second kappa shape index (κ2) is 9.41. The standard InChI is InChI=1S/C25H36N4O2S/c1-20-16-24(29-15-14-28(18-22(29)3)32(4,30)31)10-11-25(20)27-13-12-26(21(2)17-27)19-23-8-6-5-7-9-23/h5-11,16,21-22H,12-15,17-19H2,1-4H3/t21-,22-/m1/s1. The highest BCUT2D eigenvalue weighted by Crippen LogP contribution is 2.30. The largest absolute Gasteiger partial charge is 0.368 e. The van der Waals surface area contributed by atoms with Crippen molar-refractivity contribution in [2.45, 2.75) is 39.4 Å². The van der Waals surface area contributed by atoms with E-state index in [-0.39, 0.29) is 6.04 Å². The summed E-state index contributed by atoms with van der Waals surface area (Å²) in [5.41, 5.74) is 5.15. The lowest BCUT2D eigenvalue weighted by atomic mass is 10.1. The molecule has 2 atom stereocenters. The zero-order valence-corrected chi connectivity index (χ0v) is 20.6. The van der Waals surface area contributed by atoms with Gasteiger partial charge in [0.2, 0.25) is 10.0 Å². The number of piperazine rings is 2. The van der Waals surface area contributed by atoms with Crippen molar-refractivity contribution >= 4 is 21.4 Å². The fourth-order valence-corrected chi connectivity index (χ4v) is 5.95. The molecule has 2 saturated heterocycles. The number of nitrogens with zero attached hydrogens (tertiary/aromatic N) is 4. The second-order valence-electron chi connectivity index (χ2n) is 9.39. The van der Waals surface area contributed by atoms with Crippen LogP contribution in [0.15, 0.2) is 48.5 Å². The average molecular weight is 457 g/mol. The van der Waals surface area contributed by atoms with Crippen molar-refractivity contribution in [3.63, 3.8) is 0 Å². The SMILES string of the molecule is Cc1cc(N2CCN(S(C)(=O)=O)C[C@H]2C)ccc1N1CCN(Cc2ccccc2)[C@H](C)C1. The van der Waals surface area contributed by atoms with E-state index in [0.717, 1.165) is 32.7 Å². The third kappa shape index (κ3) is 5.11. The van der Waals surface area contributed by atoms with Gasteiger partial charge in [-0.1, -0.05) is 30.3 Å². The van der Waals surface area contributed by atoms with E-state index in [1.54, 1.807) is 4.31 Å². The Kier molecular flexibility index (Phi) is 6.79. The Morgan fingerprint density at radius 3 is 2.28 bits per heavy atom. The van der Waals surface area contributed by atoms with Crippen molar-refractivity contribution in [1.29, 1.82) is 0 Å². The highest BCUT2D eigenvalue weighted by molar-refractivity contribution is 7.88. The number of benzene rings is 2. The Morgan fingerprint density at radius 1 is 0.906 bits per heavy atom. The van der Waals surface area contributed by atoms with Gasteiger partial charge in [-0.25, -0.2) is 8.42 Å². The van der Waals surface area contributed by atoms with Gasteiger partial charge in [-0.3, -0.25) is 4.90 Å². The zero-order chi connectivity index (χ0) is 22.9. The molecular weight excluding hydrogens is 420 g/mol. The Hall–Kier alpha value is -2.09. The van der Waals surface area contributed by atoms with E-state index in [1.165, 1.54) is 28.8 Å². The van der Waals surface area contributed by atoms with Crippen molar-refractivity contribution in [1.82, 2.24) is 9.21 Å². The average Bonchev–Trinajstić information content (AvgIpc) is 2.75. The van der Waals surface area contributed by atoms with Crippen molar-refractivity contribution in [2.75, 3.05) is 55.3 Å². The molecule has 2 heterocycles. The lowest BCUT2D eigenvalue weighted by Gasteiger charge is -2.42. The minimum absolute atomic E-state index is 0.158. The van der Waals surface area contributed by atoms with E-state index in [1.807, 2.05) is 0 Å². The third-order valence-corrected chi connectivity index (χ3v) is 8.18. The molecule has 2 aliphatic rings. The summed E-state index contributed by atoms with van der Waals surface area (Å²) in [6, 6.07) is 18.1. The van der Waals surface area contributed by atoms with Crippen LogP contribution < -0.4 is 9.80 Å². The molecule has 2 aromatic rings. The molecule has 0 amide bonds. The van der Waals surface area contributed by atoms with Gasteiger partial charge in [0.15, 0.2) is 0 Å². The summed E-state index contributed by atoms with van der Waals surface area (Å²) in [7, 11) is -3.13. The number of sulfonamides is 1. The first-order valence-corrected chi connectivity index (χ1v) is 13.4. The Balaban J connectivity index is 1.41. The van der Waals surface area contributed by atoms with E-state index in [2.05, 4.69) is 84.0 Å². The molecule has 0 saturated carbocycles. The van der Waals surface area contributed by atoms with E-state index in [9.17, 15) is 8.42 Å². The van der Waals surface area contributed by atoms with Crippen LogP contribution >= 0.6 is 0 Å². The second-order valence-corrected chi connectivity index (χ2v) is 11.4. The first-order chi connectivity index (χ1) is 15.2. The molecule has 2 aliphatic heterocycles. The molecule has 4 rings (SSSR count). The lowest BCUT2D eigenvalue weighted by molar-refractivity contribution is 0.181. The number of hydrogen-bond donors (Lipinski definition) is 0. The van der Waals surface area contributed by atoms with E-state index >= 15 is 0 Å². The molecule has 0 aliphatic carbocycles. The quantitative estimate of drug-likeness (QED) is 0.692. The summed E-state index contributed by atoms with van der Waals surface area (Å²) in [4.78, 5) is 7.41. The van der Waals surface area contributed by atoms with Gasteiger partial charge in [-0.2, -0.15) is 4.31 Å². The summed E-state index contributed by atoms with van der Waals surface area (Å²) in [5, 5.41) is 0. The van der Waals surface area contributed by atoms with Gasteiger partial charge in [-0.05, 0) is 50.1 Å². The van der Waals surface area contributed by atoms with Crippen LogP contribution in [0.1, 0.15) is 25.0 Å². The van der Waals surface area contributed by atoms with E-state index in [4.69, 9.17) is 0 Å². The van der Waals surface area contributed by atoms with E-state index < -0.39 is 10.0 Å². The molecule has 0 unspecified atom stereocenters. The van der Waals surface area contributed by atoms with Crippen molar-refractivity contribution in [3.05, 3.63) is 59.7 Å². The van der Waals surface area contributed by atoms with Gasteiger partial charge in [0.05, 0.1) is 6.26 Å².